The fraction of sp³-hybridized carbons (Fsp3) is 0.500. The number of hydrogen-bond acceptors (Lipinski definition) is 4. The molecule has 0 aromatic carbocycles. The van der Waals surface area contributed by atoms with Crippen LogP contribution in [-0.4, -0.2) is 24.2 Å². The van der Waals surface area contributed by atoms with Gasteiger partial charge < -0.3 is 14.4 Å². The number of nitriles is 1. The monoisotopic (exact) mass is 236 g/mol. The lowest BCUT2D eigenvalue weighted by Gasteiger charge is -2.22. The molecule has 0 aliphatic rings. The van der Waals surface area contributed by atoms with Crippen molar-refractivity contribution in [2.75, 3.05) is 18.0 Å². The van der Waals surface area contributed by atoms with Crippen molar-refractivity contribution in [3.05, 3.63) is 17.9 Å². The first-order valence-electron chi connectivity index (χ1n) is 5.49. The molecular weight excluding hydrogens is 220 g/mol. The second kappa shape index (κ2) is 5.94. The predicted octanol–water partition coefficient (Wildman–Crippen LogP) is 2.35. The molecule has 0 aliphatic carbocycles. The molecule has 5 heteroatoms. The molecule has 1 rings (SSSR count). The highest BCUT2D eigenvalue weighted by Gasteiger charge is 2.15. The number of hydrogen-bond donors (Lipinski definition) is 1. The van der Waals surface area contributed by atoms with Gasteiger partial charge in [0.05, 0.1) is 12.5 Å². The Labute approximate surface area is 100 Å². The molecule has 17 heavy (non-hydrogen) atoms. The van der Waals surface area contributed by atoms with E-state index in [0.717, 1.165) is 6.54 Å². The number of anilines is 1. The van der Waals surface area contributed by atoms with E-state index in [4.69, 9.17) is 14.8 Å². The highest BCUT2D eigenvalue weighted by molar-refractivity contribution is 5.84. The summed E-state index contributed by atoms with van der Waals surface area (Å²) in [4.78, 5) is 12.6. The molecule has 1 aromatic heterocycles. The summed E-state index contributed by atoms with van der Waals surface area (Å²) < 4.78 is 5.22. The van der Waals surface area contributed by atoms with Gasteiger partial charge in [0.15, 0.2) is 5.88 Å². The lowest BCUT2D eigenvalue weighted by atomic mass is 10.2. The highest BCUT2D eigenvalue weighted by atomic mass is 16.4. The van der Waals surface area contributed by atoms with Crippen molar-refractivity contribution < 1.29 is 14.3 Å². The van der Waals surface area contributed by atoms with Gasteiger partial charge in [-0.3, -0.25) is 0 Å². The number of nitrogens with zero attached hydrogens (tertiary/aromatic N) is 2. The molecule has 0 saturated heterocycles. The van der Waals surface area contributed by atoms with E-state index in [1.807, 2.05) is 4.90 Å². The Morgan fingerprint density at radius 2 is 2.29 bits per heavy atom. The molecule has 0 saturated carbocycles. The van der Waals surface area contributed by atoms with Gasteiger partial charge in [-0.05, 0) is 12.0 Å². The molecule has 1 heterocycles. The molecule has 0 atom stereocenters. The quantitative estimate of drug-likeness (QED) is 0.820. The Hall–Kier alpha value is -1.96. The molecule has 0 amide bonds. The summed E-state index contributed by atoms with van der Waals surface area (Å²) >= 11 is 0. The standard InChI is InChI=1S/C12H16N2O3/c1-9(2)8-14(7-3-6-13)11-5-4-10(17-11)12(15)16/h4-5,9H,3,7-8H2,1-2H3,(H,15,16). The second-order valence-corrected chi connectivity index (χ2v) is 4.19. The number of carbonyl (C=O) groups is 1. The first kappa shape index (κ1) is 13.1. The summed E-state index contributed by atoms with van der Waals surface area (Å²) in [5, 5.41) is 17.4. The maximum atomic E-state index is 10.7. The zero-order valence-corrected chi connectivity index (χ0v) is 10.0. The smallest absolute Gasteiger partial charge is 0.371 e. The van der Waals surface area contributed by atoms with Crippen molar-refractivity contribution >= 4 is 11.9 Å². The van der Waals surface area contributed by atoms with Crippen molar-refractivity contribution in [3.63, 3.8) is 0 Å². The van der Waals surface area contributed by atoms with Gasteiger partial charge in [-0.25, -0.2) is 4.79 Å². The maximum Gasteiger partial charge on any atom is 0.371 e. The van der Waals surface area contributed by atoms with Crippen molar-refractivity contribution in [2.24, 2.45) is 5.92 Å². The van der Waals surface area contributed by atoms with Gasteiger partial charge in [-0.15, -0.1) is 0 Å². The molecule has 5 nitrogen and oxygen atoms in total. The van der Waals surface area contributed by atoms with Crippen LogP contribution in [0.1, 0.15) is 30.8 Å². The minimum absolute atomic E-state index is 0.0780. The van der Waals surface area contributed by atoms with Crippen LogP contribution in [0.2, 0.25) is 0 Å². The molecule has 1 aromatic rings. The van der Waals surface area contributed by atoms with E-state index in [-0.39, 0.29) is 5.76 Å². The van der Waals surface area contributed by atoms with E-state index in [2.05, 4.69) is 19.9 Å². The Kier molecular flexibility index (Phi) is 4.58. The molecule has 0 bridgehead atoms. The summed E-state index contributed by atoms with van der Waals surface area (Å²) in [7, 11) is 0. The third-order valence-electron chi connectivity index (χ3n) is 2.19. The molecular formula is C12H16N2O3. The molecule has 92 valence electrons. The van der Waals surface area contributed by atoms with E-state index >= 15 is 0 Å². The minimum atomic E-state index is -1.08. The average molecular weight is 236 g/mol. The number of aromatic carboxylic acids is 1. The third kappa shape index (κ3) is 3.83. The summed E-state index contributed by atoms with van der Waals surface area (Å²) in [5.41, 5.74) is 0. The molecule has 0 radical (unpaired) electrons. The van der Waals surface area contributed by atoms with E-state index < -0.39 is 5.97 Å². The van der Waals surface area contributed by atoms with Crippen LogP contribution in [0.4, 0.5) is 5.88 Å². The third-order valence-corrected chi connectivity index (χ3v) is 2.19. The Bertz CT molecular complexity index is 418. The Morgan fingerprint density at radius 1 is 1.59 bits per heavy atom. The van der Waals surface area contributed by atoms with Crippen molar-refractivity contribution in [3.8, 4) is 6.07 Å². The van der Waals surface area contributed by atoms with Gasteiger partial charge >= 0.3 is 5.97 Å². The number of rotatable bonds is 6. The second-order valence-electron chi connectivity index (χ2n) is 4.19. The lowest BCUT2D eigenvalue weighted by Crippen LogP contribution is -2.28. The summed E-state index contributed by atoms with van der Waals surface area (Å²) in [6.07, 6.45) is 0.385. The summed E-state index contributed by atoms with van der Waals surface area (Å²) in [6.45, 7) is 5.39. The van der Waals surface area contributed by atoms with Gasteiger partial charge in [-0.1, -0.05) is 13.8 Å². The molecule has 1 N–H and O–H groups in total. The molecule has 0 fully saturated rings. The van der Waals surface area contributed by atoms with Crippen LogP contribution < -0.4 is 4.90 Å². The van der Waals surface area contributed by atoms with Gasteiger partial charge in [0, 0.05) is 19.2 Å². The molecule has 0 unspecified atom stereocenters. The predicted molar refractivity (Wildman–Crippen MR) is 62.9 cm³/mol. The molecule has 0 aliphatic heterocycles. The first-order valence-corrected chi connectivity index (χ1v) is 5.49. The Morgan fingerprint density at radius 3 is 2.76 bits per heavy atom. The van der Waals surface area contributed by atoms with Crippen LogP contribution in [0.5, 0.6) is 0 Å². The van der Waals surface area contributed by atoms with Crippen molar-refractivity contribution in [2.45, 2.75) is 20.3 Å². The maximum absolute atomic E-state index is 10.7. The topological polar surface area (TPSA) is 77.5 Å². The fourth-order valence-corrected chi connectivity index (χ4v) is 1.53. The van der Waals surface area contributed by atoms with Crippen LogP contribution in [0.3, 0.4) is 0 Å². The van der Waals surface area contributed by atoms with E-state index in [0.29, 0.717) is 24.8 Å². The zero-order chi connectivity index (χ0) is 12.8. The van der Waals surface area contributed by atoms with Crippen LogP contribution in [0.25, 0.3) is 0 Å². The largest absolute Gasteiger partial charge is 0.475 e. The molecule has 0 spiro atoms. The van der Waals surface area contributed by atoms with E-state index in [1.165, 1.54) is 6.07 Å². The zero-order valence-electron chi connectivity index (χ0n) is 10.0. The SMILES string of the molecule is CC(C)CN(CCC#N)c1ccc(C(=O)O)o1. The van der Waals surface area contributed by atoms with Gasteiger partial charge in [0.25, 0.3) is 0 Å². The van der Waals surface area contributed by atoms with Crippen molar-refractivity contribution in [1.82, 2.24) is 0 Å². The van der Waals surface area contributed by atoms with Gasteiger partial charge in [0.1, 0.15) is 0 Å². The van der Waals surface area contributed by atoms with Crippen LogP contribution in [-0.2, 0) is 0 Å². The minimum Gasteiger partial charge on any atom is -0.475 e. The van der Waals surface area contributed by atoms with Crippen LogP contribution >= 0.6 is 0 Å². The average Bonchev–Trinajstić information content (AvgIpc) is 2.72. The van der Waals surface area contributed by atoms with Gasteiger partial charge in [0.2, 0.25) is 5.76 Å². The fourth-order valence-electron chi connectivity index (χ4n) is 1.53. The van der Waals surface area contributed by atoms with Crippen LogP contribution in [0, 0.1) is 17.2 Å². The van der Waals surface area contributed by atoms with Crippen LogP contribution in [0.15, 0.2) is 16.5 Å². The number of carboxylic acid groups (broad SMARTS) is 1. The first-order chi connectivity index (χ1) is 8.04. The lowest BCUT2D eigenvalue weighted by molar-refractivity contribution is 0.0663. The van der Waals surface area contributed by atoms with E-state index in [1.54, 1.807) is 6.07 Å². The van der Waals surface area contributed by atoms with Gasteiger partial charge in [-0.2, -0.15) is 5.26 Å². The van der Waals surface area contributed by atoms with Crippen molar-refractivity contribution in [1.29, 1.82) is 5.26 Å². The number of furan rings is 1. The Balaban J connectivity index is 2.80. The highest BCUT2D eigenvalue weighted by Crippen LogP contribution is 2.20. The summed E-state index contributed by atoms with van der Waals surface area (Å²) in [5.74, 6) is -0.245. The normalized spacial score (nSPS) is 10.2. The number of carboxylic acids is 1. The summed E-state index contributed by atoms with van der Waals surface area (Å²) in [6, 6.07) is 5.13. The van der Waals surface area contributed by atoms with E-state index in [9.17, 15) is 4.79 Å².